The van der Waals surface area contributed by atoms with Crippen LogP contribution in [-0.4, -0.2) is 59.9 Å². The molecular formula is C22H29N5O3. The van der Waals surface area contributed by atoms with Gasteiger partial charge in [0.25, 0.3) is 0 Å². The lowest BCUT2D eigenvalue weighted by Crippen LogP contribution is -2.47. The number of carbonyl (C=O) groups excluding carboxylic acids is 1. The summed E-state index contributed by atoms with van der Waals surface area (Å²) in [5.74, 6) is 2.33. The van der Waals surface area contributed by atoms with Crippen LogP contribution in [0.3, 0.4) is 0 Å². The Balaban J connectivity index is 1.57. The molecule has 8 heteroatoms. The summed E-state index contributed by atoms with van der Waals surface area (Å²) in [6, 6.07) is 7.26. The number of hydrogen-bond acceptors (Lipinski definition) is 6. The lowest BCUT2D eigenvalue weighted by molar-refractivity contribution is -0.00557. The highest BCUT2D eigenvalue weighted by Crippen LogP contribution is 2.30. The first-order valence-corrected chi connectivity index (χ1v) is 10.4. The van der Waals surface area contributed by atoms with Gasteiger partial charge in [-0.2, -0.15) is 0 Å². The van der Waals surface area contributed by atoms with Gasteiger partial charge in [-0.05, 0) is 32.9 Å². The molecule has 4 rings (SSSR count). The Bertz CT molecular complexity index is 925. The normalized spacial score (nSPS) is 21.2. The minimum Gasteiger partial charge on any atom is -0.495 e. The molecule has 8 nitrogen and oxygen atoms in total. The molecule has 0 saturated carbocycles. The van der Waals surface area contributed by atoms with Gasteiger partial charge in [0.1, 0.15) is 17.4 Å². The number of aryl methyl sites for hydroxylation is 1. The van der Waals surface area contributed by atoms with Crippen molar-refractivity contribution in [2.24, 2.45) is 0 Å². The van der Waals surface area contributed by atoms with Gasteiger partial charge in [-0.3, -0.25) is 0 Å². The fourth-order valence-electron chi connectivity index (χ4n) is 4.25. The second-order valence-corrected chi connectivity index (χ2v) is 7.98. The molecule has 1 aromatic heterocycles. The third-order valence-electron chi connectivity index (χ3n) is 5.51. The molecule has 2 unspecified atom stereocenters. The Labute approximate surface area is 177 Å². The molecule has 1 fully saturated rings. The van der Waals surface area contributed by atoms with Gasteiger partial charge in [-0.15, -0.1) is 0 Å². The third-order valence-corrected chi connectivity index (χ3v) is 5.51. The zero-order valence-electron chi connectivity index (χ0n) is 18.0. The van der Waals surface area contributed by atoms with Crippen molar-refractivity contribution in [3.63, 3.8) is 0 Å². The number of benzene rings is 1. The summed E-state index contributed by atoms with van der Waals surface area (Å²) in [7, 11) is 1.60. The molecule has 1 aromatic carbocycles. The van der Waals surface area contributed by atoms with Crippen molar-refractivity contribution in [3.8, 4) is 5.75 Å². The van der Waals surface area contributed by atoms with Crippen LogP contribution in [0.4, 0.5) is 16.3 Å². The molecule has 2 aromatic rings. The van der Waals surface area contributed by atoms with Crippen molar-refractivity contribution in [2.45, 2.75) is 45.9 Å². The third kappa shape index (κ3) is 4.18. The number of nitrogens with one attached hydrogen (secondary N) is 1. The summed E-state index contributed by atoms with van der Waals surface area (Å²) >= 11 is 0. The van der Waals surface area contributed by atoms with Gasteiger partial charge in [-0.25, -0.2) is 14.8 Å². The van der Waals surface area contributed by atoms with Crippen LogP contribution in [0.1, 0.15) is 30.9 Å². The summed E-state index contributed by atoms with van der Waals surface area (Å²) in [4.78, 5) is 26.5. The Morgan fingerprint density at radius 3 is 2.67 bits per heavy atom. The van der Waals surface area contributed by atoms with Crippen molar-refractivity contribution in [1.29, 1.82) is 0 Å². The molecule has 2 aliphatic heterocycles. The average Bonchev–Trinajstić information content (AvgIpc) is 2.72. The molecule has 160 valence electrons. The zero-order valence-corrected chi connectivity index (χ0v) is 18.0. The molecule has 0 bridgehead atoms. The number of para-hydroxylation sites is 2. The van der Waals surface area contributed by atoms with E-state index in [1.54, 1.807) is 7.11 Å². The predicted octanol–water partition coefficient (Wildman–Crippen LogP) is 3.00. The monoisotopic (exact) mass is 411 g/mol. The molecule has 1 N–H and O–H groups in total. The summed E-state index contributed by atoms with van der Waals surface area (Å²) in [5, 5.41) is 2.97. The molecule has 0 spiro atoms. The molecule has 0 radical (unpaired) electrons. The standard InChI is InChI=1S/C22H29N5O3/c1-14-11-27(12-15(2)30-14)21-17-13-26(10-9-18(17)23-16(3)24-21)22(28)25-19-7-5-6-8-20(19)29-4/h5-8,14-15H,9-13H2,1-4H3,(H,25,28). The number of aromatic nitrogens is 2. The van der Waals surface area contributed by atoms with E-state index in [0.717, 1.165) is 36.0 Å². The Morgan fingerprint density at radius 1 is 1.20 bits per heavy atom. The molecule has 1 saturated heterocycles. The number of fused-ring (bicyclic) bond motifs is 1. The SMILES string of the molecule is COc1ccccc1NC(=O)N1CCc2nc(C)nc(N3CC(C)OC(C)C3)c2C1. The largest absolute Gasteiger partial charge is 0.495 e. The second-order valence-electron chi connectivity index (χ2n) is 7.98. The first-order valence-electron chi connectivity index (χ1n) is 10.4. The number of urea groups is 1. The van der Waals surface area contributed by atoms with Gasteiger partial charge in [-0.1, -0.05) is 12.1 Å². The van der Waals surface area contributed by atoms with E-state index >= 15 is 0 Å². The van der Waals surface area contributed by atoms with Crippen molar-refractivity contribution in [1.82, 2.24) is 14.9 Å². The van der Waals surface area contributed by atoms with Crippen LogP contribution in [0.25, 0.3) is 0 Å². The van der Waals surface area contributed by atoms with Crippen molar-refractivity contribution >= 4 is 17.5 Å². The number of carbonyl (C=O) groups is 1. The summed E-state index contributed by atoms with van der Waals surface area (Å²) < 4.78 is 11.2. The molecule has 2 amide bonds. The fourth-order valence-corrected chi connectivity index (χ4v) is 4.25. The van der Waals surface area contributed by atoms with Crippen LogP contribution < -0.4 is 15.0 Å². The van der Waals surface area contributed by atoms with Crippen LogP contribution in [-0.2, 0) is 17.7 Å². The van der Waals surface area contributed by atoms with Crippen molar-refractivity contribution in [2.75, 3.05) is 37.0 Å². The maximum absolute atomic E-state index is 13.0. The Kier molecular flexibility index (Phi) is 5.76. The molecular weight excluding hydrogens is 382 g/mol. The van der Waals surface area contributed by atoms with E-state index in [9.17, 15) is 4.79 Å². The number of anilines is 2. The number of nitrogens with zero attached hydrogens (tertiary/aromatic N) is 4. The summed E-state index contributed by atoms with van der Waals surface area (Å²) in [6.45, 7) is 8.73. The van der Waals surface area contributed by atoms with Crippen LogP contribution in [0.15, 0.2) is 24.3 Å². The predicted molar refractivity (Wildman–Crippen MR) is 115 cm³/mol. The maximum atomic E-state index is 13.0. The number of rotatable bonds is 3. The van der Waals surface area contributed by atoms with E-state index in [1.165, 1.54) is 0 Å². The van der Waals surface area contributed by atoms with E-state index in [2.05, 4.69) is 29.0 Å². The lowest BCUT2D eigenvalue weighted by atomic mass is 10.0. The minimum absolute atomic E-state index is 0.133. The lowest BCUT2D eigenvalue weighted by Gasteiger charge is -2.38. The molecule has 3 heterocycles. The van der Waals surface area contributed by atoms with Crippen LogP contribution >= 0.6 is 0 Å². The number of ether oxygens (including phenoxy) is 2. The van der Waals surface area contributed by atoms with Gasteiger partial charge in [0.2, 0.25) is 0 Å². The topological polar surface area (TPSA) is 79.8 Å². The number of hydrogen-bond donors (Lipinski definition) is 1. The molecule has 2 aliphatic rings. The quantitative estimate of drug-likeness (QED) is 0.836. The van der Waals surface area contributed by atoms with Gasteiger partial charge in [0.15, 0.2) is 0 Å². The Morgan fingerprint density at radius 2 is 1.93 bits per heavy atom. The van der Waals surface area contributed by atoms with Gasteiger partial charge in [0, 0.05) is 31.6 Å². The zero-order chi connectivity index (χ0) is 21.3. The highest BCUT2D eigenvalue weighted by molar-refractivity contribution is 5.91. The number of amides is 2. The van der Waals surface area contributed by atoms with Crippen LogP contribution in [0, 0.1) is 6.92 Å². The smallest absolute Gasteiger partial charge is 0.322 e. The van der Waals surface area contributed by atoms with E-state index < -0.39 is 0 Å². The van der Waals surface area contributed by atoms with E-state index in [0.29, 0.717) is 30.9 Å². The maximum Gasteiger partial charge on any atom is 0.322 e. The molecule has 30 heavy (non-hydrogen) atoms. The number of methoxy groups -OCH3 is 1. The van der Waals surface area contributed by atoms with Crippen molar-refractivity contribution < 1.29 is 14.3 Å². The highest BCUT2D eigenvalue weighted by Gasteiger charge is 2.30. The average molecular weight is 412 g/mol. The first kappa shape index (κ1) is 20.4. The fraction of sp³-hybridized carbons (Fsp3) is 0.500. The van der Waals surface area contributed by atoms with E-state index in [1.807, 2.05) is 36.1 Å². The van der Waals surface area contributed by atoms with Crippen LogP contribution in [0.5, 0.6) is 5.75 Å². The van der Waals surface area contributed by atoms with E-state index in [-0.39, 0.29) is 18.2 Å². The summed E-state index contributed by atoms with van der Waals surface area (Å²) in [6.07, 6.45) is 0.974. The molecule has 0 aliphatic carbocycles. The Hall–Kier alpha value is -2.87. The summed E-state index contributed by atoms with van der Waals surface area (Å²) in [5.41, 5.74) is 2.72. The first-order chi connectivity index (χ1) is 14.4. The number of morpholine rings is 1. The highest BCUT2D eigenvalue weighted by atomic mass is 16.5. The molecule has 2 atom stereocenters. The second kappa shape index (κ2) is 8.47. The van der Waals surface area contributed by atoms with Gasteiger partial charge >= 0.3 is 6.03 Å². The van der Waals surface area contributed by atoms with Crippen LogP contribution in [0.2, 0.25) is 0 Å². The van der Waals surface area contributed by atoms with Gasteiger partial charge in [0.05, 0.1) is 37.2 Å². The van der Waals surface area contributed by atoms with Gasteiger partial charge < -0.3 is 24.6 Å². The van der Waals surface area contributed by atoms with Crippen molar-refractivity contribution in [3.05, 3.63) is 41.3 Å². The van der Waals surface area contributed by atoms with E-state index in [4.69, 9.17) is 14.5 Å². The minimum atomic E-state index is -0.152.